The summed E-state index contributed by atoms with van der Waals surface area (Å²) in [6.07, 6.45) is 44.0. The van der Waals surface area contributed by atoms with Crippen LogP contribution in [0.3, 0.4) is 0 Å². The molecule has 0 saturated carbocycles. The van der Waals surface area contributed by atoms with Gasteiger partial charge >= 0.3 is 11.9 Å². The summed E-state index contributed by atoms with van der Waals surface area (Å²) in [5.41, 5.74) is 0. The van der Waals surface area contributed by atoms with Gasteiger partial charge in [-0.2, -0.15) is 0 Å². The van der Waals surface area contributed by atoms with Crippen molar-refractivity contribution in [3.05, 3.63) is 0 Å². The highest BCUT2D eigenvalue weighted by molar-refractivity contribution is 5.69. The standard InChI is InChI=1S/C48H95NO5/c1-4-7-10-13-22-29-36-45-53-47(51)39-32-25-18-16-20-27-34-41-49(43-44-50)42-35-28-21-17-19-26-33-40-48(52)54-46(37-30-23-14-11-8-5-2)38-31-24-15-12-9-6-3/h46,50H,4-45H2,1-3H3. The Balaban J connectivity index is 3.84. The smallest absolute Gasteiger partial charge is 0.306 e. The second-order valence-corrected chi connectivity index (χ2v) is 16.6. The molecule has 0 aliphatic rings. The minimum absolute atomic E-state index is 0.0141. The molecule has 0 unspecified atom stereocenters. The minimum Gasteiger partial charge on any atom is -0.466 e. The van der Waals surface area contributed by atoms with Crippen molar-refractivity contribution in [2.45, 2.75) is 264 Å². The number of unbranched alkanes of at least 4 members (excludes halogenated alkanes) is 28. The van der Waals surface area contributed by atoms with E-state index in [2.05, 4.69) is 25.7 Å². The van der Waals surface area contributed by atoms with Gasteiger partial charge in [0.2, 0.25) is 0 Å². The van der Waals surface area contributed by atoms with Crippen LogP contribution in [0.25, 0.3) is 0 Å². The van der Waals surface area contributed by atoms with Crippen molar-refractivity contribution < 1.29 is 24.2 Å². The summed E-state index contributed by atoms with van der Waals surface area (Å²) >= 11 is 0. The normalized spacial score (nSPS) is 11.6. The van der Waals surface area contributed by atoms with Gasteiger partial charge < -0.3 is 19.5 Å². The van der Waals surface area contributed by atoms with Crippen molar-refractivity contribution in [3.8, 4) is 0 Å². The molecule has 6 heteroatoms. The SMILES string of the molecule is CCCCCCCCCOC(=O)CCCCCCCCCN(CCO)CCCCCCCCCC(=O)OC(CCCCCCCC)CCCCCCCC. The second kappa shape index (κ2) is 44.6. The van der Waals surface area contributed by atoms with E-state index in [1.807, 2.05) is 0 Å². The Kier molecular flexibility index (Phi) is 43.6. The summed E-state index contributed by atoms with van der Waals surface area (Å²) in [5.74, 6) is 0.0173. The molecule has 0 aliphatic heterocycles. The number of rotatable bonds is 45. The molecule has 0 radical (unpaired) electrons. The molecule has 0 aromatic rings. The molecule has 1 N–H and O–H groups in total. The molecular formula is C48H95NO5. The van der Waals surface area contributed by atoms with Crippen LogP contribution in [0.2, 0.25) is 0 Å². The van der Waals surface area contributed by atoms with Crippen LogP contribution in [-0.4, -0.2) is 60.9 Å². The fraction of sp³-hybridized carbons (Fsp3) is 0.958. The fourth-order valence-electron chi connectivity index (χ4n) is 7.58. The molecule has 0 rings (SSSR count). The van der Waals surface area contributed by atoms with Crippen molar-refractivity contribution in [2.75, 3.05) is 32.8 Å². The number of esters is 2. The Hall–Kier alpha value is -1.14. The average Bonchev–Trinajstić information content (AvgIpc) is 3.16. The first-order chi connectivity index (χ1) is 26.6. The first-order valence-electron chi connectivity index (χ1n) is 24.3. The van der Waals surface area contributed by atoms with Gasteiger partial charge in [0.1, 0.15) is 6.10 Å². The molecule has 54 heavy (non-hydrogen) atoms. The van der Waals surface area contributed by atoms with Gasteiger partial charge in [-0.1, -0.05) is 188 Å². The van der Waals surface area contributed by atoms with Crippen molar-refractivity contribution in [1.82, 2.24) is 4.90 Å². The molecule has 0 spiro atoms. The zero-order valence-corrected chi connectivity index (χ0v) is 36.8. The van der Waals surface area contributed by atoms with Crippen LogP contribution in [0.1, 0.15) is 258 Å². The predicted octanol–water partition coefficient (Wildman–Crippen LogP) is 14.2. The third-order valence-electron chi connectivity index (χ3n) is 11.2. The Morgan fingerprint density at radius 3 is 1.20 bits per heavy atom. The number of carbonyl (C=O) groups is 2. The van der Waals surface area contributed by atoms with Crippen LogP contribution in [-0.2, 0) is 19.1 Å². The Bertz CT molecular complexity index is 745. The maximum atomic E-state index is 12.7. The lowest BCUT2D eigenvalue weighted by atomic mass is 10.0. The zero-order chi connectivity index (χ0) is 39.4. The van der Waals surface area contributed by atoms with Gasteiger partial charge in [0.15, 0.2) is 0 Å². The molecule has 6 nitrogen and oxygen atoms in total. The third-order valence-corrected chi connectivity index (χ3v) is 11.2. The molecular weight excluding hydrogens is 671 g/mol. The molecule has 0 aromatic carbocycles. The Labute approximate surface area is 337 Å². The van der Waals surface area contributed by atoms with Crippen LogP contribution in [0.5, 0.6) is 0 Å². The van der Waals surface area contributed by atoms with Crippen LogP contribution in [0, 0.1) is 0 Å². The van der Waals surface area contributed by atoms with E-state index in [-0.39, 0.29) is 24.6 Å². The quantitative estimate of drug-likeness (QED) is 0.0491. The largest absolute Gasteiger partial charge is 0.466 e. The van der Waals surface area contributed by atoms with E-state index in [1.165, 1.54) is 180 Å². The fourth-order valence-corrected chi connectivity index (χ4v) is 7.58. The lowest BCUT2D eigenvalue weighted by Crippen LogP contribution is -2.29. The van der Waals surface area contributed by atoms with E-state index in [9.17, 15) is 14.7 Å². The molecule has 0 heterocycles. The summed E-state index contributed by atoms with van der Waals surface area (Å²) < 4.78 is 11.4. The topological polar surface area (TPSA) is 76.1 Å². The van der Waals surface area contributed by atoms with Crippen LogP contribution in [0.4, 0.5) is 0 Å². The molecule has 0 aromatic heterocycles. The first-order valence-corrected chi connectivity index (χ1v) is 24.3. The average molecular weight is 766 g/mol. The highest BCUT2D eigenvalue weighted by atomic mass is 16.5. The summed E-state index contributed by atoms with van der Waals surface area (Å²) in [4.78, 5) is 27.1. The molecule has 0 amide bonds. The highest BCUT2D eigenvalue weighted by Gasteiger charge is 2.14. The van der Waals surface area contributed by atoms with E-state index in [1.54, 1.807) is 0 Å². The van der Waals surface area contributed by atoms with E-state index >= 15 is 0 Å². The predicted molar refractivity (Wildman–Crippen MR) is 232 cm³/mol. The minimum atomic E-state index is -0.0141. The van der Waals surface area contributed by atoms with Crippen LogP contribution >= 0.6 is 0 Å². The molecule has 322 valence electrons. The van der Waals surface area contributed by atoms with Crippen molar-refractivity contribution >= 4 is 11.9 Å². The van der Waals surface area contributed by atoms with Crippen LogP contribution < -0.4 is 0 Å². The molecule has 0 bridgehead atoms. The second-order valence-electron chi connectivity index (χ2n) is 16.6. The van der Waals surface area contributed by atoms with E-state index < -0.39 is 0 Å². The lowest BCUT2D eigenvalue weighted by Gasteiger charge is -2.21. The lowest BCUT2D eigenvalue weighted by molar-refractivity contribution is -0.150. The summed E-state index contributed by atoms with van der Waals surface area (Å²) in [6.45, 7) is 10.6. The van der Waals surface area contributed by atoms with E-state index in [0.717, 1.165) is 64.6 Å². The summed E-state index contributed by atoms with van der Waals surface area (Å²) in [7, 11) is 0. The maximum absolute atomic E-state index is 12.7. The number of hydrogen-bond acceptors (Lipinski definition) is 6. The number of aliphatic hydroxyl groups excluding tert-OH is 1. The van der Waals surface area contributed by atoms with Crippen molar-refractivity contribution in [1.29, 1.82) is 0 Å². The summed E-state index contributed by atoms with van der Waals surface area (Å²) in [6, 6.07) is 0. The molecule has 0 atom stereocenters. The third kappa shape index (κ3) is 40.5. The van der Waals surface area contributed by atoms with Gasteiger partial charge in [0, 0.05) is 19.4 Å². The highest BCUT2D eigenvalue weighted by Crippen LogP contribution is 2.19. The molecule has 0 aliphatic carbocycles. The van der Waals surface area contributed by atoms with Gasteiger partial charge in [-0.05, 0) is 70.9 Å². The Morgan fingerprint density at radius 2 is 0.778 bits per heavy atom. The van der Waals surface area contributed by atoms with E-state index in [4.69, 9.17) is 9.47 Å². The number of hydrogen-bond donors (Lipinski definition) is 1. The van der Waals surface area contributed by atoms with Gasteiger partial charge in [0.25, 0.3) is 0 Å². The van der Waals surface area contributed by atoms with Crippen molar-refractivity contribution in [3.63, 3.8) is 0 Å². The molecule has 0 fully saturated rings. The van der Waals surface area contributed by atoms with Crippen LogP contribution in [0.15, 0.2) is 0 Å². The van der Waals surface area contributed by atoms with E-state index in [0.29, 0.717) is 19.4 Å². The van der Waals surface area contributed by atoms with Gasteiger partial charge in [0.05, 0.1) is 13.2 Å². The van der Waals surface area contributed by atoms with Gasteiger partial charge in [-0.25, -0.2) is 0 Å². The monoisotopic (exact) mass is 766 g/mol. The Morgan fingerprint density at radius 1 is 0.426 bits per heavy atom. The first kappa shape index (κ1) is 52.9. The number of aliphatic hydroxyl groups is 1. The van der Waals surface area contributed by atoms with Gasteiger partial charge in [-0.15, -0.1) is 0 Å². The number of nitrogens with zero attached hydrogens (tertiary/aromatic N) is 1. The molecule has 0 saturated heterocycles. The zero-order valence-electron chi connectivity index (χ0n) is 36.8. The van der Waals surface area contributed by atoms with Crippen molar-refractivity contribution in [2.24, 2.45) is 0 Å². The maximum Gasteiger partial charge on any atom is 0.306 e. The summed E-state index contributed by atoms with van der Waals surface area (Å²) in [5, 5.41) is 9.56. The number of carbonyl (C=O) groups excluding carboxylic acids is 2. The number of ether oxygens (including phenoxy) is 2. The van der Waals surface area contributed by atoms with Gasteiger partial charge in [-0.3, -0.25) is 9.59 Å².